The summed E-state index contributed by atoms with van der Waals surface area (Å²) in [5.41, 5.74) is -0.785. The van der Waals surface area contributed by atoms with Crippen LogP contribution in [0.5, 0.6) is 5.75 Å². The molecule has 0 amide bonds. The zero-order valence-corrected chi connectivity index (χ0v) is 16.6. The molecule has 0 radical (unpaired) electrons. The van der Waals surface area contributed by atoms with Gasteiger partial charge in [-0.05, 0) is 31.5 Å². The molecule has 30 heavy (non-hydrogen) atoms. The molecule has 2 rings (SSSR count). The van der Waals surface area contributed by atoms with Gasteiger partial charge in [-0.3, -0.25) is 4.57 Å². The molecule has 2 N–H and O–H groups in total. The van der Waals surface area contributed by atoms with Crippen molar-refractivity contribution in [1.82, 2.24) is 20.2 Å². The molecule has 0 aliphatic carbocycles. The Balaban J connectivity index is 2.00. The van der Waals surface area contributed by atoms with Crippen LogP contribution in [0.4, 0.5) is 22.0 Å². The minimum atomic E-state index is -4.45. The summed E-state index contributed by atoms with van der Waals surface area (Å²) in [5.74, 6) is 0.571. The Labute approximate surface area is 171 Å². The number of aliphatic imine (C=N–C) groups is 1. The second kappa shape index (κ2) is 10.8. The molecular weight excluding hydrogens is 409 g/mol. The van der Waals surface area contributed by atoms with Crippen molar-refractivity contribution < 1.29 is 26.7 Å². The van der Waals surface area contributed by atoms with E-state index in [4.69, 9.17) is 4.74 Å². The highest BCUT2D eigenvalue weighted by Crippen LogP contribution is 2.31. The lowest BCUT2D eigenvalue weighted by Gasteiger charge is -2.20. The van der Waals surface area contributed by atoms with Gasteiger partial charge < -0.3 is 15.4 Å². The fourth-order valence-electron chi connectivity index (χ4n) is 2.55. The van der Waals surface area contributed by atoms with Crippen molar-refractivity contribution in [1.29, 1.82) is 0 Å². The number of halogens is 5. The second-order valence-corrected chi connectivity index (χ2v) is 6.28. The highest BCUT2D eigenvalue weighted by molar-refractivity contribution is 5.79. The SMILES string of the molecule is CCNC(=NCc1nccn1C(F)F)NCC(CC)Oc1cccc(C(F)(F)F)c1. The predicted molar refractivity (Wildman–Crippen MR) is 102 cm³/mol. The third-order valence-corrected chi connectivity index (χ3v) is 4.10. The molecule has 0 saturated heterocycles. The number of nitrogens with one attached hydrogen (secondary N) is 2. The Hall–Kier alpha value is -2.85. The summed E-state index contributed by atoms with van der Waals surface area (Å²) in [5, 5.41) is 5.99. The standard InChI is InChI=1S/C19H24F5N5O/c1-3-14(30-15-7-5-6-13(10-15)19(22,23)24)11-27-18(25-4-2)28-12-16-26-8-9-29(16)17(20)21/h5-10,14,17H,3-4,11-12H2,1-2H3,(H2,25,27,28). The first-order chi connectivity index (χ1) is 14.2. The Bertz CT molecular complexity index is 822. The number of guanidine groups is 1. The third kappa shape index (κ3) is 6.89. The summed E-state index contributed by atoms with van der Waals surface area (Å²) in [7, 11) is 0. The number of rotatable bonds is 9. The summed E-state index contributed by atoms with van der Waals surface area (Å²) in [6.07, 6.45) is -1.91. The highest BCUT2D eigenvalue weighted by Gasteiger charge is 2.30. The number of benzene rings is 1. The van der Waals surface area contributed by atoms with E-state index in [1.54, 1.807) is 0 Å². The molecule has 0 fully saturated rings. The second-order valence-electron chi connectivity index (χ2n) is 6.28. The Kier molecular flexibility index (Phi) is 8.43. The summed E-state index contributed by atoms with van der Waals surface area (Å²) < 4.78 is 70.8. The quantitative estimate of drug-likeness (QED) is 0.353. The first-order valence-electron chi connectivity index (χ1n) is 9.40. The topological polar surface area (TPSA) is 63.5 Å². The van der Waals surface area contributed by atoms with Gasteiger partial charge in [0.15, 0.2) is 5.96 Å². The Morgan fingerprint density at radius 1 is 1.23 bits per heavy atom. The van der Waals surface area contributed by atoms with Gasteiger partial charge in [0.05, 0.1) is 12.1 Å². The van der Waals surface area contributed by atoms with Gasteiger partial charge in [-0.15, -0.1) is 0 Å². The first kappa shape index (κ1) is 23.4. The van der Waals surface area contributed by atoms with Crippen molar-refractivity contribution in [2.45, 2.75) is 45.6 Å². The molecule has 2 aromatic rings. The average molecular weight is 433 g/mol. The van der Waals surface area contributed by atoms with Gasteiger partial charge in [-0.2, -0.15) is 22.0 Å². The first-order valence-corrected chi connectivity index (χ1v) is 9.40. The van der Waals surface area contributed by atoms with E-state index in [0.717, 1.165) is 16.7 Å². The minimum absolute atomic E-state index is 0.0715. The normalized spacial score (nSPS) is 13.4. The lowest BCUT2D eigenvalue weighted by atomic mass is 10.2. The molecule has 6 nitrogen and oxygen atoms in total. The van der Waals surface area contributed by atoms with Crippen LogP contribution in [0.2, 0.25) is 0 Å². The van der Waals surface area contributed by atoms with E-state index in [2.05, 4.69) is 20.6 Å². The van der Waals surface area contributed by atoms with Crippen LogP contribution in [0.3, 0.4) is 0 Å². The number of ether oxygens (including phenoxy) is 1. The van der Waals surface area contributed by atoms with Crippen molar-refractivity contribution in [3.8, 4) is 5.75 Å². The maximum Gasteiger partial charge on any atom is 0.416 e. The predicted octanol–water partition coefficient (Wildman–Crippen LogP) is 4.21. The van der Waals surface area contributed by atoms with E-state index in [9.17, 15) is 22.0 Å². The van der Waals surface area contributed by atoms with Gasteiger partial charge in [-0.25, -0.2) is 9.98 Å². The van der Waals surface area contributed by atoms with Crippen molar-refractivity contribution >= 4 is 5.96 Å². The van der Waals surface area contributed by atoms with Crippen LogP contribution in [0.15, 0.2) is 41.7 Å². The number of imidazole rings is 1. The molecule has 1 aromatic heterocycles. The number of aromatic nitrogens is 2. The Morgan fingerprint density at radius 3 is 2.63 bits per heavy atom. The monoisotopic (exact) mass is 433 g/mol. The number of nitrogens with zero attached hydrogens (tertiary/aromatic N) is 3. The zero-order chi connectivity index (χ0) is 22.1. The summed E-state index contributed by atoms with van der Waals surface area (Å²) in [6.45, 7) is 1.68. The van der Waals surface area contributed by atoms with Gasteiger partial charge in [-0.1, -0.05) is 13.0 Å². The Morgan fingerprint density at radius 2 is 2.00 bits per heavy atom. The van der Waals surface area contributed by atoms with Crippen LogP contribution in [-0.4, -0.2) is 34.7 Å². The molecule has 0 saturated carbocycles. The van der Waals surface area contributed by atoms with Gasteiger partial charge in [0.1, 0.15) is 24.2 Å². The molecule has 1 aromatic carbocycles. The molecule has 0 aliphatic rings. The van der Waals surface area contributed by atoms with E-state index < -0.39 is 24.4 Å². The summed E-state index contributed by atoms with van der Waals surface area (Å²) >= 11 is 0. The number of hydrogen-bond acceptors (Lipinski definition) is 3. The maximum atomic E-state index is 12.9. The fraction of sp³-hybridized carbons (Fsp3) is 0.474. The molecule has 1 unspecified atom stereocenters. The molecule has 0 aliphatic heterocycles. The molecule has 0 spiro atoms. The highest BCUT2D eigenvalue weighted by atomic mass is 19.4. The molecule has 166 valence electrons. The lowest BCUT2D eigenvalue weighted by molar-refractivity contribution is -0.137. The lowest BCUT2D eigenvalue weighted by Crippen LogP contribution is -2.42. The number of hydrogen-bond donors (Lipinski definition) is 2. The third-order valence-electron chi connectivity index (χ3n) is 4.10. The zero-order valence-electron chi connectivity index (χ0n) is 16.6. The van der Waals surface area contributed by atoms with E-state index >= 15 is 0 Å². The minimum Gasteiger partial charge on any atom is -0.489 e. The fourth-order valence-corrected chi connectivity index (χ4v) is 2.55. The van der Waals surface area contributed by atoms with Crippen molar-refractivity contribution in [2.24, 2.45) is 4.99 Å². The van der Waals surface area contributed by atoms with E-state index in [0.29, 0.717) is 18.9 Å². The summed E-state index contributed by atoms with van der Waals surface area (Å²) in [6, 6.07) is 4.67. The average Bonchev–Trinajstić information content (AvgIpc) is 3.17. The van der Waals surface area contributed by atoms with Crippen molar-refractivity contribution in [3.05, 3.63) is 48.0 Å². The van der Waals surface area contributed by atoms with E-state index in [1.165, 1.54) is 24.5 Å². The van der Waals surface area contributed by atoms with Crippen molar-refractivity contribution in [2.75, 3.05) is 13.1 Å². The van der Waals surface area contributed by atoms with E-state index in [-0.39, 0.29) is 24.7 Å². The molecule has 1 atom stereocenters. The van der Waals surface area contributed by atoms with E-state index in [1.807, 2.05) is 13.8 Å². The maximum absolute atomic E-state index is 12.9. The molecule has 1 heterocycles. The van der Waals surface area contributed by atoms with Gasteiger partial charge in [0.25, 0.3) is 0 Å². The smallest absolute Gasteiger partial charge is 0.416 e. The molecule has 11 heteroatoms. The van der Waals surface area contributed by atoms with Gasteiger partial charge in [0.2, 0.25) is 0 Å². The van der Waals surface area contributed by atoms with Gasteiger partial charge in [0, 0.05) is 18.9 Å². The van der Waals surface area contributed by atoms with Crippen LogP contribution in [0.25, 0.3) is 0 Å². The molecule has 0 bridgehead atoms. The van der Waals surface area contributed by atoms with Crippen LogP contribution in [-0.2, 0) is 12.7 Å². The van der Waals surface area contributed by atoms with Crippen LogP contribution >= 0.6 is 0 Å². The van der Waals surface area contributed by atoms with Crippen LogP contribution in [0, 0.1) is 0 Å². The number of alkyl halides is 5. The van der Waals surface area contributed by atoms with Gasteiger partial charge >= 0.3 is 12.7 Å². The largest absolute Gasteiger partial charge is 0.489 e. The van der Waals surface area contributed by atoms with Crippen LogP contribution in [0.1, 0.15) is 38.2 Å². The van der Waals surface area contributed by atoms with Crippen LogP contribution < -0.4 is 15.4 Å². The van der Waals surface area contributed by atoms with Crippen molar-refractivity contribution in [3.63, 3.8) is 0 Å². The summed E-state index contributed by atoms with van der Waals surface area (Å²) in [4.78, 5) is 8.10. The molecular formula is C19H24F5N5O.